The zero-order valence-electron chi connectivity index (χ0n) is 34.6. The summed E-state index contributed by atoms with van der Waals surface area (Å²) in [6.45, 7) is 28.0. The second-order valence-electron chi connectivity index (χ2n) is 17.7. The monoisotopic (exact) mass is 769 g/mol. The maximum atomic E-state index is 12.6. The molecule has 4 N–H and O–H groups in total. The van der Waals surface area contributed by atoms with E-state index >= 15 is 0 Å². The van der Waals surface area contributed by atoms with Crippen LogP contribution in [0.3, 0.4) is 0 Å². The van der Waals surface area contributed by atoms with Crippen molar-refractivity contribution in [1.82, 2.24) is 4.90 Å². The first-order valence-corrected chi connectivity index (χ1v) is 20.2. The van der Waals surface area contributed by atoms with Gasteiger partial charge in [0.15, 0.2) is 12.6 Å². The third-order valence-electron chi connectivity index (χ3n) is 13.4. The third kappa shape index (κ3) is 8.15. The molecule has 0 aliphatic carbocycles. The minimum Gasteiger partial charge on any atom is -0.387 e. The molecule has 0 aromatic heterocycles. The van der Waals surface area contributed by atoms with Gasteiger partial charge in [-0.2, -0.15) is 0 Å². The molecule has 5 saturated heterocycles. The summed E-state index contributed by atoms with van der Waals surface area (Å²) in [7, 11) is 1.55. The van der Waals surface area contributed by atoms with Crippen molar-refractivity contribution in [3.8, 4) is 0 Å². The summed E-state index contributed by atoms with van der Waals surface area (Å²) >= 11 is 0. The summed E-state index contributed by atoms with van der Waals surface area (Å²) in [4.78, 5) is 2.12. The van der Waals surface area contributed by atoms with E-state index in [-0.39, 0.29) is 36.5 Å². The lowest BCUT2D eigenvalue weighted by atomic mass is 9.74. The molecule has 5 heterocycles. The van der Waals surface area contributed by atoms with Gasteiger partial charge >= 0.3 is 0 Å². The first-order chi connectivity index (χ1) is 25.2. The van der Waals surface area contributed by atoms with Gasteiger partial charge in [0.1, 0.15) is 17.8 Å². The van der Waals surface area contributed by atoms with Crippen molar-refractivity contribution < 1.29 is 58.3 Å². The Bertz CT molecular complexity index is 1280. The number of methoxy groups -OCH3 is 1. The number of aliphatic hydroxyl groups excluding tert-OH is 2. The predicted octanol–water partition coefficient (Wildman–Crippen LogP) is 3.89. The van der Waals surface area contributed by atoms with Crippen LogP contribution in [0.15, 0.2) is 25.3 Å². The van der Waals surface area contributed by atoms with E-state index in [9.17, 15) is 20.4 Å². The molecule has 0 aromatic carbocycles. The van der Waals surface area contributed by atoms with Crippen LogP contribution in [0.1, 0.15) is 94.9 Å². The Morgan fingerprint density at radius 1 is 0.870 bits per heavy atom. The topological polar surface area (TPSA) is 158 Å². The first-order valence-electron chi connectivity index (χ1n) is 20.2. The van der Waals surface area contributed by atoms with Crippen LogP contribution in [0.2, 0.25) is 0 Å². The summed E-state index contributed by atoms with van der Waals surface area (Å²) in [5.41, 5.74) is -3.37. The number of aliphatic hydroxyl groups is 4. The number of nitrogens with zero attached hydrogens (tertiary/aromatic N) is 1. The van der Waals surface area contributed by atoms with Crippen LogP contribution in [0.4, 0.5) is 0 Å². The van der Waals surface area contributed by atoms with Gasteiger partial charge in [-0.25, -0.2) is 0 Å². The molecule has 20 atom stereocenters. The van der Waals surface area contributed by atoms with Crippen molar-refractivity contribution >= 4 is 0 Å². The lowest BCUT2D eigenvalue weighted by Crippen LogP contribution is -2.69. The predicted molar refractivity (Wildman–Crippen MR) is 201 cm³/mol. The molecule has 54 heavy (non-hydrogen) atoms. The molecule has 0 spiro atoms. The Balaban J connectivity index is 1.62. The van der Waals surface area contributed by atoms with Gasteiger partial charge in [0, 0.05) is 44.5 Å². The zero-order valence-corrected chi connectivity index (χ0v) is 34.6. The Hall–Kier alpha value is -1.04. The van der Waals surface area contributed by atoms with Crippen molar-refractivity contribution in [3.05, 3.63) is 25.3 Å². The zero-order chi connectivity index (χ0) is 40.1. The highest BCUT2D eigenvalue weighted by molar-refractivity contribution is 5.08. The third-order valence-corrected chi connectivity index (χ3v) is 13.4. The van der Waals surface area contributed by atoms with Gasteiger partial charge < -0.3 is 58.3 Å². The van der Waals surface area contributed by atoms with Crippen LogP contribution >= 0.6 is 0 Å². The SMILES string of the molecule is C=CCN(CC=C)C1C[C@@H](C)O[C@@H](O[C@@H]2[C@@H](C)[C@H](O[C@H]3CC(C)(OC)[C@@H](O)C(C)O3)[C@@H](C)[C@@]3(O)O[C@H]([C@@H](C)C4O[C@]2(C)C[C@@H]4C)[C@](C)(O)[C@@H](CC)O3)C1O. The maximum Gasteiger partial charge on any atom is 0.286 e. The lowest BCUT2D eigenvalue weighted by Gasteiger charge is -2.55. The number of fused-ring (bicyclic) bond motifs is 4. The molecule has 0 radical (unpaired) electrons. The van der Waals surface area contributed by atoms with Gasteiger partial charge in [-0.1, -0.05) is 46.8 Å². The van der Waals surface area contributed by atoms with E-state index in [1.54, 1.807) is 27.9 Å². The molecular formula is C41H71NO12. The van der Waals surface area contributed by atoms with Gasteiger partial charge in [0.05, 0.1) is 59.8 Å². The fourth-order valence-electron chi connectivity index (χ4n) is 10.4. The van der Waals surface area contributed by atoms with Gasteiger partial charge in [0.2, 0.25) is 0 Å². The maximum absolute atomic E-state index is 12.6. The summed E-state index contributed by atoms with van der Waals surface area (Å²) < 4.78 is 52.6. The van der Waals surface area contributed by atoms with E-state index in [1.165, 1.54) is 0 Å². The van der Waals surface area contributed by atoms with Crippen LogP contribution in [0, 0.1) is 23.7 Å². The van der Waals surface area contributed by atoms with Crippen molar-refractivity contribution in [2.24, 2.45) is 23.7 Å². The fourth-order valence-corrected chi connectivity index (χ4v) is 10.4. The van der Waals surface area contributed by atoms with Crippen LogP contribution in [-0.2, 0) is 37.9 Å². The van der Waals surface area contributed by atoms with E-state index < -0.39 is 89.9 Å². The summed E-state index contributed by atoms with van der Waals surface area (Å²) in [5, 5.41) is 47.6. The molecular weight excluding hydrogens is 698 g/mol. The molecule has 0 amide bonds. The molecule has 4 bridgehead atoms. The minimum atomic E-state index is -2.19. The van der Waals surface area contributed by atoms with E-state index in [0.717, 1.165) is 0 Å². The highest BCUT2D eigenvalue weighted by atomic mass is 16.8. The number of hydrogen-bond acceptors (Lipinski definition) is 13. The molecule has 13 heteroatoms. The summed E-state index contributed by atoms with van der Waals surface area (Å²) in [6, 6.07) is -0.298. The Morgan fingerprint density at radius 2 is 1.52 bits per heavy atom. The van der Waals surface area contributed by atoms with Gasteiger partial charge in [-0.3, -0.25) is 4.90 Å². The second kappa shape index (κ2) is 16.7. The molecule has 13 nitrogen and oxygen atoms in total. The number of hydrogen-bond donors (Lipinski definition) is 4. The molecule has 0 saturated carbocycles. The Morgan fingerprint density at radius 3 is 2.11 bits per heavy atom. The average Bonchev–Trinajstić information content (AvgIpc) is 3.43. The molecule has 5 rings (SSSR count). The number of ether oxygens (including phenoxy) is 8. The first kappa shape index (κ1) is 44.1. The quantitative estimate of drug-likeness (QED) is 0.225. The van der Waals surface area contributed by atoms with E-state index in [2.05, 4.69) is 25.0 Å². The molecule has 5 aliphatic rings. The minimum absolute atomic E-state index is 0.000836. The Labute approximate surface area is 323 Å². The van der Waals surface area contributed by atoms with Crippen LogP contribution < -0.4 is 0 Å². The van der Waals surface area contributed by atoms with Crippen LogP contribution in [0.5, 0.6) is 0 Å². The standard InChI is InChI=1S/C41H71NO12/c1-14-17-42(18-15-2)28-19-23(5)48-37(31(28)43)51-35-25(7)33(50-30-21-38(10,47-13)34(44)27(9)49-30)26(8)41(46)52-29(16-3)40(12,45)36(54-41)24(6)32-22(4)20-39(35,11)53-32/h14-15,22-37,43-46H,1-2,16-21H2,3-13H3/t22-,23+,24-,25-,26+,27?,28?,29+,30-,31?,32?,33-,34-,35+,36+,37-,38?,39+,40+,41-/m0/s1. The van der Waals surface area contributed by atoms with Gasteiger partial charge in [-0.15, -0.1) is 13.2 Å². The smallest absolute Gasteiger partial charge is 0.286 e. The normalized spacial score (nSPS) is 52.8. The van der Waals surface area contributed by atoms with E-state index in [4.69, 9.17) is 37.9 Å². The van der Waals surface area contributed by atoms with Crippen molar-refractivity contribution in [3.63, 3.8) is 0 Å². The van der Waals surface area contributed by atoms with E-state index in [0.29, 0.717) is 32.4 Å². The average molecular weight is 770 g/mol. The number of rotatable bonds is 11. The van der Waals surface area contributed by atoms with Crippen LogP contribution in [0.25, 0.3) is 0 Å². The highest BCUT2D eigenvalue weighted by Crippen LogP contribution is 2.52. The molecule has 5 fully saturated rings. The lowest BCUT2D eigenvalue weighted by molar-refractivity contribution is -0.481. The van der Waals surface area contributed by atoms with Crippen molar-refractivity contribution in [2.75, 3.05) is 20.2 Å². The molecule has 5 unspecified atom stereocenters. The largest absolute Gasteiger partial charge is 0.387 e. The van der Waals surface area contributed by atoms with Crippen molar-refractivity contribution in [2.45, 2.75) is 191 Å². The van der Waals surface area contributed by atoms with E-state index in [1.807, 2.05) is 53.7 Å². The molecule has 0 aromatic rings. The van der Waals surface area contributed by atoms with Crippen molar-refractivity contribution in [1.29, 1.82) is 0 Å². The Kier molecular flexibility index (Phi) is 13.6. The van der Waals surface area contributed by atoms with Crippen LogP contribution in [-0.4, -0.2) is 142 Å². The highest BCUT2D eigenvalue weighted by Gasteiger charge is 2.64. The summed E-state index contributed by atoms with van der Waals surface area (Å²) in [5.74, 6) is -4.01. The fraction of sp³-hybridized carbons (Fsp3) is 0.902. The van der Waals surface area contributed by atoms with Gasteiger partial charge in [0.25, 0.3) is 5.97 Å². The second-order valence-corrected chi connectivity index (χ2v) is 17.7. The molecule has 5 aliphatic heterocycles. The summed E-state index contributed by atoms with van der Waals surface area (Å²) in [6.07, 6.45) is -2.94. The van der Waals surface area contributed by atoms with Gasteiger partial charge in [-0.05, 0) is 59.8 Å². The molecule has 312 valence electrons.